The van der Waals surface area contributed by atoms with E-state index in [0.29, 0.717) is 4.75 Å². The molecular formula is C15H18S. The molecule has 0 aliphatic heterocycles. The summed E-state index contributed by atoms with van der Waals surface area (Å²) in [4.78, 5) is 1.44. The van der Waals surface area contributed by atoms with E-state index in [2.05, 4.69) is 54.2 Å². The van der Waals surface area contributed by atoms with E-state index in [1.54, 1.807) is 0 Å². The average molecular weight is 230 g/mol. The summed E-state index contributed by atoms with van der Waals surface area (Å²) in [6.45, 7) is 0. The lowest BCUT2D eigenvalue weighted by Crippen LogP contribution is -2.33. The predicted molar refractivity (Wildman–Crippen MR) is 70.7 cm³/mol. The van der Waals surface area contributed by atoms with Crippen molar-refractivity contribution in [2.24, 2.45) is 5.92 Å². The molecule has 2 aliphatic rings. The second-order valence-electron chi connectivity index (χ2n) is 5.09. The molecule has 2 bridgehead atoms. The second kappa shape index (κ2) is 4.29. The van der Waals surface area contributed by atoms with Crippen molar-refractivity contribution in [3.8, 4) is 0 Å². The van der Waals surface area contributed by atoms with Gasteiger partial charge in [-0.15, -0.1) is 11.8 Å². The van der Waals surface area contributed by atoms with E-state index in [0.717, 1.165) is 5.92 Å². The van der Waals surface area contributed by atoms with Crippen LogP contribution in [0.4, 0.5) is 0 Å². The van der Waals surface area contributed by atoms with Crippen molar-refractivity contribution in [3.05, 3.63) is 42.5 Å². The van der Waals surface area contributed by atoms with Crippen LogP contribution in [0.5, 0.6) is 0 Å². The molecule has 1 aromatic carbocycles. The van der Waals surface area contributed by atoms with E-state index < -0.39 is 0 Å². The fourth-order valence-electron chi connectivity index (χ4n) is 3.07. The summed E-state index contributed by atoms with van der Waals surface area (Å²) in [6.07, 6.45) is 11.7. The average Bonchev–Trinajstić information content (AvgIpc) is 2.30. The van der Waals surface area contributed by atoms with Gasteiger partial charge in [-0.25, -0.2) is 0 Å². The number of thioether (sulfide) groups is 1. The van der Waals surface area contributed by atoms with Crippen molar-refractivity contribution < 1.29 is 0 Å². The van der Waals surface area contributed by atoms with Crippen LogP contribution in [-0.2, 0) is 0 Å². The quantitative estimate of drug-likeness (QED) is 0.665. The first kappa shape index (κ1) is 10.5. The summed E-state index contributed by atoms with van der Waals surface area (Å²) in [5.74, 6) is 0.860. The van der Waals surface area contributed by atoms with Gasteiger partial charge in [0.15, 0.2) is 0 Å². The largest absolute Gasteiger partial charge is 0.119 e. The fraction of sp³-hybridized carbons (Fsp3) is 0.467. The van der Waals surface area contributed by atoms with E-state index in [4.69, 9.17) is 0 Å². The van der Waals surface area contributed by atoms with Gasteiger partial charge in [0.1, 0.15) is 0 Å². The third-order valence-corrected chi connectivity index (χ3v) is 5.30. The summed E-state index contributed by atoms with van der Waals surface area (Å²) >= 11 is 2.12. The molecule has 0 N–H and O–H groups in total. The Morgan fingerprint density at radius 3 is 2.94 bits per heavy atom. The topological polar surface area (TPSA) is 0 Å². The van der Waals surface area contributed by atoms with Crippen molar-refractivity contribution in [3.63, 3.8) is 0 Å². The SMILES string of the molecule is C1=CC2CCCC(Sc3ccccc3)(C1)C2. The summed E-state index contributed by atoms with van der Waals surface area (Å²) in [7, 11) is 0. The molecule has 0 nitrogen and oxygen atoms in total. The molecule has 16 heavy (non-hydrogen) atoms. The number of benzene rings is 1. The minimum absolute atomic E-state index is 0.513. The molecule has 0 heterocycles. The van der Waals surface area contributed by atoms with Crippen LogP contribution in [0.3, 0.4) is 0 Å². The Morgan fingerprint density at radius 1 is 1.19 bits per heavy atom. The number of hydrogen-bond acceptors (Lipinski definition) is 1. The number of allylic oxidation sites excluding steroid dienone is 2. The maximum Gasteiger partial charge on any atom is 0.0247 e. The molecule has 0 spiro atoms. The van der Waals surface area contributed by atoms with E-state index in [1.165, 1.54) is 37.0 Å². The number of fused-ring (bicyclic) bond motifs is 2. The van der Waals surface area contributed by atoms with Gasteiger partial charge in [-0.3, -0.25) is 0 Å². The molecule has 3 rings (SSSR count). The molecule has 2 aliphatic carbocycles. The molecular weight excluding hydrogens is 212 g/mol. The number of hydrogen-bond donors (Lipinski definition) is 0. The molecule has 1 saturated carbocycles. The molecule has 1 aromatic rings. The minimum atomic E-state index is 0.513. The zero-order chi connectivity index (χ0) is 10.8. The fourth-order valence-corrected chi connectivity index (χ4v) is 4.58. The predicted octanol–water partition coefficient (Wildman–Crippen LogP) is 4.67. The molecule has 84 valence electrons. The maximum atomic E-state index is 2.45. The zero-order valence-corrected chi connectivity index (χ0v) is 10.4. The van der Waals surface area contributed by atoms with Crippen LogP contribution in [0.2, 0.25) is 0 Å². The van der Waals surface area contributed by atoms with Crippen LogP contribution in [0.25, 0.3) is 0 Å². The third kappa shape index (κ3) is 2.06. The van der Waals surface area contributed by atoms with Crippen molar-refractivity contribution in [2.75, 3.05) is 0 Å². The highest BCUT2D eigenvalue weighted by molar-refractivity contribution is 8.00. The molecule has 1 fully saturated rings. The lowest BCUT2D eigenvalue weighted by molar-refractivity contribution is 0.324. The molecule has 0 aromatic heterocycles. The van der Waals surface area contributed by atoms with E-state index >= 15 is 0 Å². The highest BCUT2D eigenvalue weighted by Crippen LogP contribution is 2.50. The van der Waals surface area contributed by atoms with Crippen LogP contribution in [0.1, 0.15) is 32.1 Å². The summed E-state index contributed by atoms with van der Waals surface area (Å²) in [5, 5.41) is 0. The zero-order valence-electron chi connectivity index (χ0n) is 9.56. The summed E-state index contributed by atoms with van der Waals surface area (Å²) < 4.78 is 0.513. The Labute approximate surface area is 102 Å². The minimum Gasteiger partial charge on any atom is -0.119 e. The van der Waals surface area contributed by atoms with Crippen LogP contribution < -0.4 is 0 Å². The molecule has 2 unspecified atom stereocenters. The van der Waals surface area contributed by atoms with Crippen molar-refractivity contribution in [1.29, 1.82) is 0 Å². The van der Waals surface area contributed by atoms with Crippen molar-refractivity contribution in [2.45, 2.75) is 41.7 Å². The normalized spacial score (nSPS) is 32.6. The Kier molecular flexibility index (Phi) is 2.81. The monoisotopic (exact) mass is 230 g/mol. The molecule has 2 atom stereocenters. The Bertz CT molecular complexity index is 382. The van der Waals surface area contributed by atoms with E-state index in [1.807, 2.05) is 0 Å². The highest BCUT2D eigenvalue weighted by atomic mass is 32.2. The van der Waals surface area contributed by atoms with Gasteiger partial charge in [0.25, 0.3) is 0 Å². The molecule has 0 radical (unpaired) electrons. The lowest BCUT2D eigenvalue weighted by atomic mass is 9.75. The van der Waals surface area contributed by atoms with Gasteiger partial charge in [-0.2, -0.15) is 0 Å². The lowest BCUT2D eigenvalue weighted by Gasteiger charge is -2.42. The Morgan fingerprint density at radius 2 is 2.06 bits per heavy atom. The van der Waals surface area contributed by atoms with Crippen LogP contribution in [-0.4, -0.2) is 4.75 Å². The van der Waals surface area contributed by atoms with Crippen molar-refractivity contribution >= 4 is 11.8 Å². The standard InChI is InChI=1S/C15H18S/c1-2-8-14(9-3-1)16-15-10-4-6-13(12-15)7-5-11-15/h1-4,6,8-9,13H,5,7,10-12H2. The molecule has 0 saturated heterocycles. The van der Waals surface area contributed by atoms with Gasteiger partial charge in [0.2, 0.25) is 0 Å². The van der Waals surface area contributed by atoms with Gasteiger partial charge in [-0.1, -0.05) is 36.8 Å². The summed E-state index contributed by atoms with van der Waals surface area (Å²) in [6, 6.07) is 10.9. The third-order valence-electron chi connectivity index (χ3n) is 3.82. The van der Waals surface area contributed by atoms with Gasteiger partial charge in [-0.05, 0) is 43.7 Å². The number of rotatable bonds is 2. The van der Waals surface area contributed by atoms with Gasteiger partial charge in [0, 0.05) is 9.64 Å². The summed E-state index contributed by atoms with van der Waals surface area (Å²) in [5.41, 5.74) is 0. The van der Waals surface area contributed by atoms with Gasteiger partial charge >= 0.3 is 0 Å². The highest BCUT2D eigenvalue weighted by Gasteiger charge is 2.37. The Hall–Kier alpha value is -0.690. The van der Waals surface area contributed by atoms with E-state index in [9.17, 15) is 0 Å². The first-order chi connectivity index (χ1) is 7.86. The van der Waals surface area contributed by atoms with Gasteiger partial charge < -0.3 is 0 Å². The van der Waals surface area contributed by atoms with Gasteiger partial charge in [0.05, 0.1) is 0 Å². The van der Waals surface area contributed by atoms with E-state index in [-0.39, 0.29) is 0 Å². The first-order valence-electron chi connectivity index (χ1n) is 6.27. The van der Waals surface area contributed by atoms with Crippen LogP contribution >= 0.6 is 11.8 Å². The van der Waals surface area contributed by atoms with Crippen LogP contribution in [0.15, 0.2) is 47.4 Å². The van der Waals surface area contributed by atoms with Crippen molar-refractivity contribution in [1.82, 2.24) is 0 Å². The smallest absolute Gasteiger partial charge is 0.0247 e. The first-order valence-corrected chi connectivity index (χ1v) is 7.09. The second-order valence-corrected chi connectivity index (χ2v) is 6.63. The maximum absolute atomic E-state index is 2.45. The molecule has 1 heteroatoms. The van der Waals surface area contributed by atoms with Crippen LogP contribution in [0, 0.1) is 5.92 Å². The Balaban J connectivity index is 1.81. The molecule has 0 amide bonds.